The number of nitrogens with one attached hydrogen (secondary N) is 1. The van der Waals surface area contributed by atoms with Gasteiger partial charge >= 0.3 is 0 Å². The first-order valence-electron chi connectivity index (χ1n) is 14.0. The molecule has 6 nitrogen and oxygen atoms in total. The van der Waals surface area contributed by atoms with Gasteiger partial charge in [0.1, 0.15) is 6.17 Å². The normalized spacial score (nSPS) is 17.7. The molecule has 0 aliphatic carbocycles. The minimum Gasteiger partial charge on any atom is -0.361 e. The monoisotopic (exact) mass is 522 g/mol. The molecule has 202 valence electrons. The second kappa shape index (κ2) is 12.3. The van der Waals surface area contributed by atoms with Crippen LogP contribution in [-0.4, -0.2) is 65.8 Å². The molecule has 6 heteroatoms. The van der Waals surface area contributed by atoms with Gasteiger partial charge in [-0.05, 0) is 48.2 Å². The van der Waals surface area contributed by atoms with Gasteiger partial charge in [-0.25, -0.2) is 0 Å². The Hall–Kier alpha value is -3.90. The molecule has 2 aliphatic rings. The summed E-state index contributed by atoms with van der Waals surface area (Å²) in [5, 5.41) is 3.55. The number of benzene rings is 3. The first-order valence-corrected chi connectivity index (χ1v) is 14.0. The third-order valence-electron chi connectivity index (χ3n) is 7.57. The van der Waals surface area contributed by atoms with Crippen LogP contribution in [0.5, 0.6) is 0 Å². The molecule has 0 spiro atoms. The molecule has 3 aromatic carbocycles. The highest BCUT2D eigenvalue weighted by Crippen LogP contribution is 2.34. The average Bonchev–Trinajstić information content (AvgIpc) is 3.23. The van der Waals surface area contributed by atoms with E-state index >= 15 is 0 Å². The van der Waals surface area contributed by atoms with E-state index in [1.165, 1.54) is 5.56 Å². The van der Waals surface area contributed by atoms with E-state index in [0.717, 1.165) is 56.0 Å². The molecular formula is C33H38N4O2. The Balaban J connectivity index is 1.17. The molecule has 39 heavy (non-hydrogen) atoms. The number of carbonyl (C=O) groups is 2. The Morgan fingerprint density at radius 2 is 1.62 bits per heavy atom. The van der Waals surface area contributed by atoms with Crippen molar-refractivity contribution in [2.24, 2.45) is 5.92 Å². The average molecular weight is 523 g/mol. The highest BCUT2D eigenvalue weighted by Gasteiger charge is 2.36. The van der Waals surface area contributed by atoms with Gasteiger partial charge in [0.15, 0.2) is 0 Å². The fraction of sp³-hybridized carbons (Fsp3) is 0.333. The van der Waals surface area contributed by atoms with Gasteiger partial charge in [-0.3, -0.25) is 14.5 Å². The number of piperazine rings is 1. The first kappa shape index (κ1) is 26.7. The zero-order valence-electron chi connectivity index (χ0n) is 22.9. The summed E-state index contributed by atoms with van der Waals surface area (Å²) in [5.74, 6) is 0.659. The molecular weight excluding hydrogens is 484 g/mol. The smallest absolute Gasteiger partial charge is 0.256 e. The van der Waals surface area contributed by atoms with E-state index in [1.54, 1.807) is 0 Å². The van der Waals surface area contributed by atoms with Crippen LogP contribution in [0.25, 0.3) is 6.08 Å². The van der Waals surface area contributed by atoms with Gasteiger partial charge < -0.3 is 15.1 Å². The van der Waals surface area contributed by atoms with E-state index in [2.05, 4.69) is 48.3 Å². The summed E-state index contributed by atoms with van der Waals surface area (Å²) in [5.41, 5.74) is 4.56. The molecule has 2 heterocycles. The Labute approximate surface area is 231 Å². The molecule has 5 rings (SSSR count). The zero-order valence-corrected chi connectivity index (χ0v) is 22.9. The van der Waals surface area contributed by atoms with E-state index in [9.17, 15) is 9.59 Å². The van der Waals surface area contributed by atoms with Crippen LogP contribution in [0.3, 0.4) is 0 Å². The largest absolute Gasteiger partial charge is 0.361 e. The van der Waals surface area contributed by atoms with Crippen LogP contribution < -0.4 is 5.32 Å². The van der Waals surface area contributed by atoms with Crippen LogP contribution in [0.4, 0.5) is 5.69 Å². The molecule has 1 unspecified atom stereocenters. The van der Waals surface area contributed by atoms with Crippen LogP contribution in [0.1, 0.15) is 58.3 Å². The number of carbonyl (C=O) groups excluding carboxylic acids is 2. The van der Waals surface area contributed by atoms with Crippen molar-refractivity contribution in [3.05, 3.63) is 107 Å². The summed E-state index contributed by atoms with van der Waals surface area (Å²) in [6.07, 6.45) is 5.08. The lowest BCUT2D eigenvalue weighted by Crippen LogP contribution is -2.48. The van der Waals surface area contributed by atoms with Gasteiger partial charge in [0.25, 0.3) is 11.8 Å². The third kappa shape index (κ3) is 6.40. The highest BCUT2D eigenvalue weighted by molar-refractivity contribution is 5.99. The molecule has 0 saturated carbocycles. The summed E-state index contributed by atoms with van der Waals surface area (Å²) < 4.78 is 0. The van der Waals surface area contributed by atoms with Gasteiger partial charge in [0.05, 0.1) is 0 Å². The van der Waals surface area contributed by atoms with E-state index in [4.69, 9.17) is 0 Å². The Bertz CT molecular complexity index is 1290. The molecule has 0 radical (unpaired) electrons. The minimum absolute atomic E-state index is 0.0703. The summed E-state index contributed by atoms with van der Waals surface area (Å²) in [4.78, 5) is 32.5. The van der Waals surface area contributed by atoms with Gasteiger partial charge in [0.2, 0.25) is 0 Å². The summed E-state index contributed by atoms with van der Waals surface area (Å²) in [6, 6.07) is 25.8. The number of amides is 2. The number of rotatable bonds is 9. The zero-order chi connectivity index (χ0) is 27.2. The molecule has 2 aliphatic heterocycles. The van der Waals surface area contributed by atoms with Crippen molar-refractivity contribution in [3.63, 3.8) is 0 Å². The first-order chi connectivity index (χ1) is 19.0. The maximum absolute atomic E-state index is 13.2. The lowest BCUT2D eigenvalue weighted by atomic mass is 10.1. The molecule has 1 saturated heterocycles. The maximum atomic E-state index is 13.2. The van der Waals surface area contributed by atoms with Crippen molar-refractivity contribution < 1.29 is 9.59 Å². The van der Waals surface area contributed by atoms with Crippen molar-refractivity contribution in [1.82, 2.24) is 14.7 Å². The lowest BCUT2D eigenvalue weighted by molar-refractivity contribution is 0.0650. The molecule has 1 fully saturated rings. The van der Waals surface area contributed by atoms with Gasteiger partial charge in [-0.1, -0.05) is 74.5 Å². The van der Waals surface area contributed by atoms with Crippen molar-refractivity contribution in [2.75, 3.05) is 44.6 Å². The summed E-state index contributed by atoms with van der Waals surface area (Å²) in [6.45, 7) is 9.13. The van der Waals surface area contributed by atoms with E-state index in [1.807, 2.05) is 76.5 Å². The molecule has 2 amide bonds. The molecule has 0 aromatic heterocycles. The topological polar surface area (TPSA) is 55.9 Å². The summed E-state index contributed by atoms with van der Waals surface area (Å²) in [7, 11) is 0. The predicted molar refractivity (Wildman–Crippen MR) is 158 cm³/mol. The standard InChI is InChI=1S/C33H38N4O2/c1-25(2)18-20-37-31(29-12-6-7-13-30(29)33(37)39)34-28-16-14-27(15-17-28)32(38)36-23-21-35(22-24-36)19-8-11-26-9-4-3-5-10-26/h3-17,25,31,34H,18-24H2,1-2H3/b11-8+. The van der Waals surface area contributed by atoms with Gasteiger partial charge in [-0.2, -0.15) is 0 Å². The number of anilines is 1. The van der Waals surface area contributed by atoms with Crippen molar-refractivity contribution in [3.8, 4) is 0 Å². The Kier molecular flexibility index (Phi) is 8.42. The van der Waals surface area contributed by atoms with Gasteiger partial charge in [-0.15, -0.1) is 0 Å². The number of nitrogens with zero attached hydrogens (tertiary/aromatic N) is 3. The van der Waals surface area contributed by atoms with Crippen LogP contribution in [-0.2, 0) is 0 Å². The number of fused-ring (bicyclic) bond motifs is 1. The molecule has 1 atom stereocenters. The van der Waals surface area contributed by atoms with Crippen molar-refractivity contribution >= 4 is 23.6 Å². The molecule has 0 bridgehead atoms. The van der Waals surface area contributed by atoms with Gasteiger partial charge in [0, 0.05) is 61.6 Å². The SMILES string of the molecule is CC(C)CCN1C(=O)c2ccccc2C1Nc1ccc(C(=O)N2CCN(C/C=C/c3ccccc3)CC2)cc1. The van der Waals surface area contributed by atoms with Crippen LogP contribution in [0, 0.1) is 5.92 Å². The lowest BCUT2D eigenvalue weighted by Gasteiger charge is -2.34. The fourth-order valence-corrected chi connectivity index (χ4v) is 5.24. The van der Waals surface area contributed by atoms with Crippen LogP contribution >= 0.6 is 0 Å². The van der Waals surface area contributed by atoms with Crippen LogP contribution in [0.2, 0.25) is 0 Å². The van der Waals surface area contributed by atoms with Crippen LogP contribution in [0.15, 0.2) is 84.9 Å². The summed E-state index contributed by atoms with van der Waals surface area (Å²) >= 11 is 0. The second-order valence-electron chi connectivity index (χ2n) is 10.8. The highest BCUT2D eigenvalue weighted by atomic mass is 16.2. The molecule has 3 aromatic rings. The predicted octanol–water partition coefficient (Wildman–Crippen LogP) is 5.77. The van der Waals surface area contributed by atoms with E-state index in [0.29, 0.717) is 18.0 Å². The Morgan fingerprint density at radius 3 is 2.33 bits per heavy atom. The maximum Gasteiger partial charge on any atom is 0.256 e. The second-order valence-corrected chi connectivity index (χ2v) is 10.8. The van der Waals surface area contributed by atoms with E-state index in [-0.39, 0.29) is 18.0 Å². The van der Waals surface area contributed by atoms with E-state index < -0.39 is 0 Å². The fourth-order valence-electron chi connectivity index (χ4n) is 5.24. The quantitative estimate of drug-likeness (QED) is 0.388. The number of hydrogen-bond acceptors (Lipinski definition) is 4. The van der Waals surface area contributed by atoms with Crippen molar-refractivity contribution in [2.45, 2.75) is 26.4 Å². The van der Waals surface area contributed by atoms with Crippen molar-refractivity contribution in [1.29, 1.82) is 0 Å². The number of hydrogen-bond donors (Lipinski definition) is 1. The minimum atomic E-state index is -0.210. The molecule has 1 N–H and O–H groups in total. The third-order valence-corrected chi connectivity index (χ3v) is 7.57. The Morgan fingerprint density at radius 1 is 0.923 bits per heavy atom.